The summed E-state index contributed by atoms with van der Waals surface area (Å²) in [6, 6.07) is 11.1. The Balaban J connectivity index is 1.45. The van der Waals surface area contributed by atoms with Crippen LogP contribution in [0.5, 0.6) is 0 Å². The average molecular weight is 484 g/mol. The molecule has 0 aliphatic carbocycles. The topological polar surface area (TPSA) is 85.5 Å². The lowest BCUT2D eigenvalue weighted by atomic mass is 10.2. The smallest absolute Gasteiger partial charge is 0.316 e. The fourth-order valence-electron chi connectivity index (χ4n) is 2.40. The zero-order valence-electron chi connectivity index (χ0n) is 16.2. The summed E-state index contributed by atoms with van der Waals surface area (Å²) in [4.78, 5) is 25.3. The molecule has 0 radical (unpaired) electrons. The molecule has 0 aliphatic heterocycles. The molecule has 3 rings (SSSR count). The van der Waals surface area contributed by atoms with Crippen LogP contribution in [0.4, 0.5) is 4.39 Å². The minimum Gasteiger partial charge on any atom is -0.455 e. The van der Waals surface area contributed by atoms with Gasteiger partial charge < -0.3 is 14.1 Å². The first-order valence-corrected chi connectivity index (χ1v) is 10.6. The third kappa shape index (κ3) is 6.43. The molecule has 0 saturated carbocycles. The summed E-state index contributed by atoms with van der Waals surface area (Å²) < 4.78 is 24.3. The van der Waals surface area contributed by atoms with E-state index in [9.17, 15) is 14.0 Å². The molecule has 0 unspecified atom stereocenters. The number of ether oxygens (including phenoxy) is 1. The van der Waals surface area contributed by atoms with Gasteiger partial charge in [0.1, 0.15) is 11.6 Å². The number of halogens is 3. The van der Waals surface area contributed by atoms with Crippen LogP contribution in [0.15, 0.2) is 52.1 Å². The highest BCUT2D eigenvalue weighted by molar-refractivity contribution is 7.99. The Hall–Kier alpha value is -2.62. The largest absolute Gasteiger partial charge is 0.455 e. The van der Waals surface area contributed by atoms with Crippen molar-refractivity contribution >= 4 is 46.8 Å². The number of esters is 1. The van der Waals surface area contributed by atoms with Gasteiger partial charge in [0.2, 0.25) is 5.89 Å². The van der Waals surface area contributed by atoms with Crippen LogP contribution in [-0.2, 0) is 20.9 Å². The summed E-state index contributed by atoms with van der Waals surface area (Å²) in [7, 11) is 1.46. The Morgan fingerprint density at radius 1 is 1.16 bits per heavy atom. The number of carbonyl (C=O) groups is 2. The molecule has 0 N–H and O–H groups in total. The van der Waals surface area contributed by atoms with Gasteiger partial charge in [0, 0.05) is 34.8 Å². The van der Waals surface area contributed by atoms with Gasteiger partial charge in [-0.25, -0.2) is 4.39 Å². The lowest BCUT2D eigenvalue weighted by Crippen LogP contribution is -2.31. The van der Waals surface area contributed by atoms with E-state index in [0.717, 1.165) is 11.8 Å². The van der Waals surface area contributed by atoms with Crippen molar-refractivity contribution in [2.24, 2.45) is 0 Å². The van der Waals surface area contributed by atoms with Crippen LogP contribution in [0.1, 0.15) is 5.56 Å². The molecule has 1 heterocycles. The zero-order chi connectivity index (χ0) is 22.4. The number of likely N-dealkylation sites (N-methyl/N-ethyl adjacent to an activating group) is 1. The number of carbonyl (C=O) groups excluding carboxylic acids is 2. The van der Waals surface area contributed by atoms with Crippen molar-refractivity contribution in [2.75, 3.05) is 19.4 Å². The van der Waals surface area contributed by atoms with Crippen LogP contribution < -0.4 is 0 Å². The maximum atomic E-state index is 13.8. The lowest BCUT2D eigenvalue weighted by Gasteiger charge is -2.18. The third-order valence-corrected chi connectivity index (χ3v) is 5.45. The van der Waals surface area contributed by atoms with Gasteiger partial charge in [-0.1, -0.05) is 41.0 Å². The van der Waals surface area contributed by atoms with Crippen LogP contribution in [0.2, 0.25) is 10.0 Å². The van der Waals surface area contributed by atoms with Crippen molar-refractivity contribution < 1.29 is 23.1 Å². The molecular formula is C20H16Cl2FN3O4S. The van der Waals surface area contributed by atoms with Crippen molar-refractivity contribution in [1.29, 1.82) is 0 Å². The first kappa shape index (κ1) is 23.1. The van der Waals surface area contributed by atoms with E-state index in [0.29, 0.717) is 10.6 Å². The molecule has 7 nitrogen and oxygen atoms in total. The fraction of sp³-hybridized carbons (Fsp3) is 0.200. The summed E-state index contributed by atoms with van der Waals surface area (Å²) in [5, 5.41) is 8.74. The van der Waals surface area contributed by atoms with Gasteiger partial charge in [-0.3, -0.25) is 9.59 Å². The zero-order valence-corrected chi connectivity index (χ0v) is 18.5. The first-order valence-electron chi connectivity index (χ1n) is 8.88. The molecule has 2 aromatic carbocycles. The molecule has 1 aromatic heterocycles. The highest BCUT2D eigenvalue weighted by Crippen LogP contribution is 2.24. The predicted octanol–water partition coefficient (Wildman–Crippen LogP) is 4.48. The summed E-state index contributed by atoms with van der Waals surface area (Å²) in [6.07, 6.45) is 0. The molecule has 162 valence electrons. The van der Waals surface area contributed by atoms with Crippen molar-refractivity contribution in [2.45, 2.75) is 11.8 Å². The first-order chi connectivity index (χ1) is 14.8. The number of amides is 1. The van der Waals surface area contributed by atoms with Gasteiger partial charge in [0.25, 0.3) is 11.1 Å². The minimum absolute atomic E-state index is 0.0495. The standard InChI is InChI=1S/C20H16Cl2FN3O4S/c1-26(9-14-15(22)3-2-4-16(14)23)17(27)10-29-18(28)11-31-20-25-24-19(30-20)12-5-7-13(21)8-6-12/h2-8H,9-11H2,1H3. The second-order valence-electron chi connectivity index (χ2n) is 6.28. The molecule has 0 atom stereocenters. The van der Waals surface area contributed by atoms with Gasteiger partial charge in [-0.05, 0) is 36.4 Å². The van der Waals surface area contributed by atoms with Crippen molar-refractivity contribution in [3.05, 3.63) is 63.9 Å². The highest BCUT2D eigenvalue weighted by atomic mass is 35.5. The SMILES string of the molecule is CN(Cc1c(F)cccc1Cl)C(=O)COC(=O)CSc1nnc(-c2ccc(Cl)cc2)o1. The quantitative estimate of drug-likeness (QED) is 0.344. The van der Waals surface area contributed by atoms with Crippen molar-refractivity contribution in [1.82, 2.24) is 15.1 Å². The number of aromatic nitrogens is 2. The number of thioether (sulfide) groups is 1. The number of hydrogen-bond acceptors (Lipinski definition) is 7. The van der Waals surface area contributed by atoms with Gasteiger partial charge in [0.15, 0.2) is 6.61 Å². The van der Waals surface area contributed by atoms with Crippen molar-refractivity contribution in [3.8, 4) is 11.5 Å². The number of rotatable bonds is 8. The molecule has 0 fully saturated rings. The summed E-state index contributed by atoms with van der Waals surface area (Å²) in [5.41, 5.74) is 0.879. The van der Waals surface area contributed by atoms with E-state index in [4.69, 9.17) is 32.4 Å². The number of nitrogens with zero attached hydrogens (tertiary/aromatic N) is 3. The molecule has 0 aliphatic rings. The Kier molecular flexibility index (Phi) is 7.89. The summed E-state index contributed by atoms with van der Waals surface area (Å²) in [6.45, 7) is -0.534. The van der Waals surface area contributed by atoms with Crippen LogP contribution in [0, 0.1) is 5.82 Å². The molecular weight excluding hydrogens is 468 g/mol. The summed E-state index contributed by atoms with van der Waals surface area (Å²) >= 11 is 12.8. The molecule has 0 saturated heterocycles. The maximum Gasteiger partial charge on any atom is 0.316 e. The summed E-state index contributed by atoms with van der Waals surface area (Å²) in [5.74, 6) is -1.49. The monoisotopic (exact) mass is 483 g/mol. The third-order valence-electron chi connectivity index (χ3n) is 4.05. The maximum absolute atomic E-state index is 13.8. The minimum atomic E-state index is -0.637. The van der Waals surface area contributed by atoms with E-state index in [-0.39, 0.29) is 34.0 Å². The Labute approximate surface area is 191 Å². The van der Waals surface area contributed by atoms with E-state index in [1.165, 1.54) is 30.1 Å². The average Bonchev–Trinajstić information content (AvgIpc) is 3.22. The van der Waals surface area contributed by atoms with E-state index in [1.807, 2.05) is 0 Å². The molecule has 0 bridgehead atoms. The van der Waals surface area contributed by atoms with Crippen LogP contribution in [0.3, 0.4) is 0 Å². The van der Waals surface area contributed by atoms with Crippen molar-refractivity contribution in [3.63, 3.8) is 0 Å². The Morgan fingerprint density at radius 3 is 2.61 bits per heavy atom. The normalized spacial score (nSPS) is 10.7. The van der Waals surface area contributed by atoms with E-state index >= 15 is 0 Å². The second-order valence-corrected chi connectivity index (χ2v) is 8.05. The van der Waals surface area contributed by atoms with E-state index in [1.54, 1.807) is 24.3 Å². The van der Waals surface area contributed by atoms with Crippen LogP contribution in [0.25, 0.3) is 11.5 Å². The number of hydrogen-bond donors (Lipinski definition) is 0. The van der Waals surface area contributed by atoms with Crippen LogP contribution >= 0.6 is 35.0 Å². The van der Waals surface area contributed by atoms with Gasteiger partial charge in [0.05, 0.1) is 0 Å². The molecule has 1 amide bonds. The Morgan fingerprint density at radius 2 is 1.90 bits per heavy atom. The molecule has 11 heteroatoms. The second kappa shape index (κ2) is 10.6. The Bertz CT molecular complexity index is 1060. The van der Waals surface area contributed by atoms with E-state index in [2.05, 4.69) is 10.2 Å². The number of benzene rings is 2. The molecule has 3 aromatic rings. The predicted molar refractivity (Wildman–Crippen MR) is 114 cm³/mol. The van der Waals surface area contributed by atoms with Gasteiger partial charge >= 0.3 is 5.97 Å². The lowest BCUT2D eigenvalue weighted by molar-refractivity contribution is -0.149. The molecule has 31 heavy (non-hydrogen) atoms. The van der Waals surface area contributed by atoms with E-state index < -0.39 is 24.3 Å². The van der Waals surface area contributed by atoms with Gasteiger partial charge in [-0.2, -0.15) is 0 Å². The molecule has 0 spiro atoms. The van der Waals surface area contributed by atoms with Crippen LogP contribution in [-0.4, -0.2) is 46.4 Å². The van der Waals surface area contributed by atoms with Gasteiger partial charge in [-0.15, -0.1) is 10.2 Å². The fourth-order valence-corrected chi connectivity index (χ4v) is 3.31. The highest BCUT2D eigenvalue weighted by Gasteiger charge is 2.17.